The Bertz CT molecular complexity index is 464. The van der Waals surface area contributed by atoms with E-state index in [0.29, 0.717) is 13.1 Å². The van der Waals surface area contributed by atoms with Crippen LogP contribution in [-0.4, -0.2) is 36.2 Å². The molecule has 4 nitrogen and oxygen atoms in total. The summed E-state index contributed by atoms with van der Waals surface area (Å²) in [5.74, 6) is -1.19. The lowest BCUT2D eigenvalue weighted by molar-refractivity contribution is -0.143. The van der Waals surface area contributed by atoms with Crippen LogP contribution in [-0.2, 0) is 11.3 Å². The largest absolute Gasteiger partial charge is 0.494 e. The summed E-state index contributed by atoms with van der Waals surface area (Å²) < 4.78 is 18.2. The fourth-order valence-corrected chi connectivity index (χ4v) is 2.46. The number of carboxylic acid groups (broad SMARTS) is 1. The zero-order chi connectivity index (χ0) is 13.8. The van der Waals surface area contributed by atoms with Gasteiger partial charge in [-0.15, -0.1) is 0 Å². The molecule has 5 heteroatoms. The van der Waals surface area contributed by atoms with Crippen LogP contribution in [0.1, 0.15) is 18.4 Å². The number of hydrogen-bond donors (Lipinski definition) is 1. The average Bonchev–Trinajstić information content (AvgIpc) is 2.41. The van der Waals surface area contributed by atoms with Crippen LogP contribution in [0.15, 0.2) is 18.2 Å². The highest BCUT2D eigenvalue weighted by molar-refractivity contribution is 5.70. The summed E-state index contributed by atoms with van der Waals surface area (Å²) in [6.45, 7) is 2.05. The van der Waals surface area contributed by atoms with Crippen molar-refractivity contribution in [1.82, 2.24) is 4.90 Å². The summed E-state index contributed by atoms with van der Waals surface area (Å²) in [6, 6.07) is 4.76. The Morgan fingerprint density at radius 1 is 1.58 bits per heavy atom. The van der Waals surface area contributed by atoms with Gasteiger partial charge in [-0.05, 0) is 37.1 Å². The van der Waals surface area contributed by atoms with Crippen LogP contribution in [0.3, 0.4) is 0 Å². The highest BCUT2D eigenvalue weighted by Gasteiger charge is 2.25. The molecule has 0 bridgehead atoms. The number of benzene rings is 1. The second-order valence-electron chi connectivity index (χ2n) is 4.88. The van der Waals surface area contributed by atoms with Crippen LogP contribution in [0.4, 0.5) is 4.39 Å². The van der Waals surface area contributed by atoms with Gasteiger partial charge in [0.05, 0.1) is 13.0 Å². The molecule has 0 radical (unpaired) electrons. The molecule has 1 aliphatic heterocycles. The number of ether oxygens (including phenoxy) is 1. The maximum Gasteiger partial charge on any atom is 0.307 e. The third-order valence-corrected chi connectivity index (χ3v) is 3.48. The number of rotatable bonds is 4. The van der Waals surface area contributed by atoms with Crippen molar-refractivity contribution in [3.63, 3.8) is 0 Å². The molecule has 1 aromatic carbocycles. The smallest absolute Gasteiger partial charge is 0.307 e. The van der Waals surface area contributed by atoms with Gasteiger partial charge in [-0.2, -0.15) is 0 Å². The van der Waals surface area contributed by atoms with Crippen molar-refractivity contribution in [3.8, 4) is 5.75 Å². The van der Waals surface area contributed by atoms with Crippen molar-refractivity contribution in [3.05, 3.63) is 29.6 Å². The molecular formula is C14H18FNO3. The highest BCUT2D eigenvalue weighted by atomic mass is 19.1. The van der Waals surface area contributed by atoms with E-state index in [4.69, 9.17) is 9.84 Å². The zero-order valence-electron chi connectivity index (χ0n) is 10.9. The van der Waals surface area contributed by atoms with E-state index in [1.54, 1.807) is 12.1 Å². The topological polar surface area (TPSA) is 49.8 Å². The molecule has 104 valence electrons. The Balaban J connectivity index is 2.02. The summed E-state index contributed by atoms with van der Waals surface area (Å²) >= 11 is 0. The average molecular weight is 267 g/mol. The molecule has 0 aromatic heterocycles. The van der Waals surface area contributed by atoms with Crippen molar-refractivity contribution < 1.29 is 19.0 Å². The van der Waals surface area contributed by atoms with E-state index in [1.165, 1.54) is 13.2 Å². The maximum absolute atomic E-state index is 13.3. The Morgan fingerprint density at radius 2 is 2.37 bits per heavy atom. The Hall–Kier alpha value is -1.62. The number of piperidine rings is 1. The van der Waals surface area contributed by atoms with Gasteiger partial charge in [-0.1, -0.05) is 6.07 Å². The number of carbonyl (C=O) groups is 1. The lowest BCUT2D eigenvalue weighted by Crippen LogP contribution is -2.38. The van der Waals surface area contributed by atoms with Crippen molar-refractivity contribution >= 4 is 5.97 Å². The molecule has 1 atom stereocenters. The SMILES string of the molecule is COc1cc(CN2CCC[C@H](C(=O)O)C2)ccc1F. The minimum atomic E-state index is -0.735. The molecule has 1 fully saturated rings. The maximum atomic E-state index is 13.3. The number of carboxylic acids is 1. The number of hydrogen-bond acceptors (Lipinski definition) is 3. The van der Waals surface area contributed by atoms with Gasteiger partial charge in [0.1, 0.15) is 0 Å². The number of halogens is 1. The molecule has 0 amide bonds. The Morgan fingerprint density at radius 3 is 3.05 bits per heavy atom. The lowest BCUT2D eigenvalue weighted by atomic mass is 9.98. The normalized spacial score (nSPS) is 20.2. The molecule has 19 heavy (non-hydrogen) atoms. The van der Waals surface area contributed by atoms with Crippen LogP contribution >= 0.6 is 0 Å². The summed E-state index contributed by atoms with van der Waals surface area (Å²) in [5, 5.41) is 9.04. The first-order valence-corrected chi connectivity index (χ1v) is 6.37. The molecule has 1 aliphatic rings. The zero-order valence-corrected chi connectivity index (χ0v) is 10.9. The first-order chi connectivity index (χ1) is 9.10. The van der Waals surface area contributed by atoms with Crippen LogP contribution in [0.2, 0.25) is 0 Å². The summed E-state index contributed by atoms with van der Waals surface area (Å²) in [4.78, 5) is 13.1. The Kier molecular flexibility index (Phi) is 4.37. The lowest BCUT2D eigenvalue weighted by Gasteiger charge is -2.30. The van der Waals surface area contributed by atoms with Gasteiger partial charge in [0.25, 0.3) is 0 Å². The van der Waals surface area contributed by atoms with E-state index < -0.39 is 5.97 Å². The minimum Gasteiger partial charge on any atom is -0.494 e. The summed E-state index contributed by atoms with van der Waals surface area (Å²) in [7, 11) is 1.43. The molecular weight excluding hydrogens is 249 g/mol. The van der Waals surface area contributed by atoms with Gasteiger partial charge >= 0.3 is 5.97 Å². The van der Waals surface area contributed by atoms with Crippen LogP contribution in [0, 0.1) is 11.7 Å². The predicted molar refractivity (Wildman–Crippen MR) is 68.6 cm³/mol. The van der Waals surface area contributed by atoms with Crippen LogP contribution < -0.4 is 4.74 Å². The van der Waals surface area contributed by atoms with E-state index in [0.717, 1.165) is 24.9 Å². The van der Waals surface area contributed by atoms with Crippen LogP contribution in [0.25, 0.3) is 0 Å². The van der Waals surface area contributed by atoms with E-state index in [9.17, 15) is 9.18 Å². The predicted octanol–water partition coefficient (Wildman–Crippen LogP) is 2.13. The molecule has 2 rings (SSSR count). The quantitative estimate of drug-likeness (QED) is 0.908. The molecule has 1 heterocycles. The summed E-state index contributed by atoms with van der Waals surface area (Å²) in [5.41, 5.74) is 0.935. The van der Waals surface area contributed by atoms with Crippen molar-refractivity contribution in [2.45, 2.75) is 19.4 Å². The number of nitrogens with zero attached hydrogens (tertiary/aromatic N) is 1. The molecule has 1 aromatic rings. The van der Waals surface area contributed by atoms with E-state index >= 15 is 0 Å². The van der Waals surface area contributed by atoms with E-state index in [1.807, 2.05) is 0 Å². The van der Waals surface area contributed by atoms with Gasteiger partial charge < -0.3 is 9.84 Å². The second-order valence-corrected chi connectivity index (χ2v) is 4.88. The van der Waals surface area contributed by atoms with E-state index in [-0.39, 0.29) is 17.5 Å². The summed E-state index contributed by atoms with van der Waals surface area (Å²) in [6.07, 6.45) is 1.62. The van der Waals surface area contributed by atoms with Gasteiger partial charge in [-0.3, -0.25) is 9.69 Å². The molecule has 0 unspecified atom stereocenters. The van der Waals surface area contributed by atoms with E-state index in [2.05, 4.69) is 4.90 Å². The standard InChI is InChI=1S/C14H18FNO3/c1-19-13-7-10(4-5-12(13)15)8-16-6-2-3-11(9-16)14(17)18/h4-5,7,11H,2-3,6,8-9H2,1H3,(H,17,18)/t11-/m0/s1. The fraction of sp³-hybridized carbons (Fsp3) is 0.500. The number of likely N-dealkylation sites (tertiary alicyclic amines) is 1. The van der Waals surface area contributed by atoms with Crippen molar-refractivity contribution in [2.75, 3.05) is 20.2 Å². The second kappa shape index (κ2) is 6.02. The third-order valence-electron chi connectivity index (χ3n) is 3.48. The molecule has 0 saturated carbocycles. The molecule has 0 spiro atoms. The molecule has 0 aliphatic carbocycles. The highest BCUT2D eigenvalue weighted by Crippen LogP contribution is 2.22. The molecule has 1 saturated heterocycles. The van der Waals surface area contributed by atoms with Crippen molar-refractivity contribution in [2.24, 2.45) is 5.92 Å². The fourth-order valence-electron chi connectivity index (χ4n) is 2.46. The van der Waals surface area contributed by atoms with Gasteiger partial charge in [0.15, 0.2) is 11.6 Å². The number of methoxy groups -OCH3 is 1. The van der Waals surface area contributed by atoms with Gasteiger partial charge in [-0.25, -0.2) is 4.39 Å². The first-order valence-electron chi connectivity index (χ1n) is 6.37. The monoisotopic (exact) mass is 267 g/mol. The molecule has 1 N–H and O–H groups in total. The van der Waals surface area contributed by atoms with Crippen LogP contribution in [0.5, 0.6) is 5.75 Å². The minimum absolute atomic E-state index is 0.226. The number of aliphatic carboxylic acids is 1. The third kappa shape index (κ3) is 3.44. The first kappa shape index (κ1) is 13.8. The van der Waals surface area contributed by atoms with Gasteiger partial charge in [0, 0.05) is 13.1 Å². The Labute approximate surface area is 111 Å². The van der Waals surface area contributed by atoms with Gasteiger partial charge in [0.2, 0.25) is 0 Å². The van der Waals surface area contributed by atoms with Crippen molar-refractivity contribution in [1.29, 1.82) is 0 Å².